The first-order valence-electron chi connectivity index (χ1n) is 6.29. The second kappa shape index (κ2) is 5.10. The summed E-state index contributed by atoms with van der Waals surface area (Å²) < 4.78 is 2.02. The van der Waals surface area contributed by atoms with E-state index < -0.39 is 4.92 Å². The lowest BCUT2D eigenvalue weighted by atomic mass is 9.91. The number of nitrogens with two attached hydrogens (primary N) is 1. The molecule has 0 aliphatic rings. The molecule has 0 aliphatic carbocycles. The van der Waals surface area contributed by atoms with E-state index >= 15 is 0 Å². The van der Waals surface area contributed by atoms with Crippen molar-refractivity contribution in [3.63, 3.8) is 0 Å². The first kappa shape index (κ1) is 15.4. The van der Waals surface area contributed by atoms with Gasteiger partial charge in [0.15, 0.2) is 11.5 Å². The number of nitrogen functional groups attached to an aromatic ring is 1. The molecule has 0 saturated heterocycles. The third-order valence-corrected chi connectivity index (χ3v) is 3.61. The molecule has 0 saturated carbocycles. The molecule has 2 rings (SSSR count). The van der Waals surface area contributed by atoms with Gasteiger partial charge in [-0.05, 0) is 34.5 Å². The molecule has 0 spiro atoms. The van der Waals surface area contributed by atoms with Crippen LogP contribution in [0.2, 0.25) is 0 Å². The maximum absolute atomic E-state index is 11.4. The number of aromatic nitrogens is 3. The highest BCUT2D eigenvalue weighted by Crippen LogP contribution is 2.36. The van der Waals surface area contributed by atoms with Crippen molar-refractivity contribution < 1.29 is 4.92 Å². The van der Waals surface area contributed by atoms with E-state index in [1.54, 1.807) is 13.0 Å². The average molecular weight is 354 g/mol. The first-order chi connectivity index (χ1) is 9.62. The highest BCUT2D eigenvalue weighted by Gasteiger charge is 2.29. The summed E-state index contributed by atoms with van der Waals surface area (Å²) in [6, 6.07) is 3.30. The number of benzene rings is 1. The standard InChI is InChI=1S/C13H16BrN5O2/c1-7-5-8(14)10(9(6-7)19(20)21)18-11(13(2,3)4)12(15)16-17-18/h5-6H,15H2,1-4H3. The Morgan fingerprint density at radius 2 is 2.00 bits per heavy atom. The number of hydrogen-bond acceptors (Lipinski definition) is 5. The number of anilines is 1. The second-order valence-corrected chi connectivity index (χ2v) is 6.71. The highest BCUT2D eigenvalue weighted by atomic mass is 79.9. The topological polar surface area (TPSA) is 99.9 Å². The smallest absolute Gasteiger partial charge is 0.296 e. The minimum Gasteiger partial charge on any atom is -0.381 e. The normalized spacial score (nSPS) is 11.7. The fourth-order valence-electron chi connectivity index (χ4n) is 2.22. The lowest BCUT2D eigenvalue weighted by Crippen LogP contribution is -2.20. The maximum atomic E-state index is 11.4. The van der Waals surface area contributed by atoms with Crippen molar-refractivity contribution in [1.29, 1.82) is 0 Å². The summed E-state index contributed by atoms with van der Waals surface area (Å²) in [5.41, 5.74) is 7.24. The van der Waals surface area contributed by atoms with E-state index in [9.17, 15) is 10.1 Å². The molecular weight excluding hydrogens is 338 g/mol. The van der Waals surface area contributed by atoms with Crippen LogP contribution in [-0.2, 0) is 5.41 Å². The van der Waals surface area contributed by atoms with E-state index in [0.717, 1.165) is 5.56 Å². The molecule has 2 N–H and O–H groups in total. The molecule has 1 heterocycles. The largest absolute Gasteiger partial charge is 0.381 e. The van der Waals surface area contributed by atoms with E-state index in [1.165, 1.54) is 10.7 Å². The van der Waals surface area contributed by atoms with Crippen LogP contribution >= 0.6 is 15.9 Å². The van der Waals surface area contributed by atoms with Crippen LogP contribution < -0.4 is 5.73 Å². The third kappa shape index (κ3) is 2.76. The van der Waals surface area contributed by atoms with Gasteiger partial charge in [0.1, 0.15) is 0 Å². The van der Waals surface area contributed by atoms with Crippen LogP contribution in [0, 0.1) is 17.0 Å². The average Bonchev–Trinajstić information content (AvgIpc) is 2.69. The minimum atomic E-state index is -0.433. The van der Waals surface area contributed by atoms with Crippen LogP contribution in [0.5, 0.6) is 0 Å². The summed E-state index contributed by atoms with van der Waals surface area (Å²) in [5.74, 6) is 0.268. The predicted octanol–water partition coefficient (Wildman–Crippen LogP) is 3.13. The molecule has 2 aromatic rings. The van der Waals surface area contributed by atoms with E-state index in [0.29, 0.717) is 15.9 Å². The predicted molar refractivity (Wildman–Crippen MR) is 83.6 cm³/mol. The van der Waals surface area contributed by atoms with Crippen molar-refractivity contribution in [3.8, 4) is 5.69 Å². The molecule has 0 aliphatic heterocycles. The third-order valence-electron chi connectivity index (χ3n) is 3.00. The molecule has 1 aromatic carbocycles. The number of nitro groups is 1. The second-order valence-electron chi connectivity index (χ2n) is 5.86. The van der Waals surface area contributed by atoms with E-state index in [1.807, 2.05) is 20.8 Å². The number of hydrogen-bond donors (Lipinski definition) is 1. The van der Waals surface area contributed by atoms with Crippen LogP contribution in [-0.4, -0.2) is 19.9 Å². The van der Waals surface area contributed by atoms with Crippen molar-refractivity contribution in [2.24, 2.45) is 0 Å². The lowest BCUT2D eigenvalue weighted by Gasteiger charge is -2.20. The number of rotatable bonds is 2. The van der Waals surface area contributed by atoms with E-state index in [2.05, 4.69) is 26.2 Å². The van der Waals surface area contributed by atoms with Gasteiger partial charge in [-0.3, -0.25) is 10.1 Å². The number of nitro benzene ring substituents is 1. The maximum Gasteiger partial charge on any atom is 0.296 e. The molecule has 0 fully saturated rings. The van der Waals surface area contributed by atoms with Crippen LogP contribution in [0.15, 0.2) is 16.6 Å². The Hall–Kier alpha value is -1.96. The molecule has 0 unspecified atom stereocenters. The van der Waals surface area contributed by atoms with Crippen LogP contribution in [0.1, 0.15) is 32.0 Å². The summed E-state index contributed by atoms with van der Waals surface area (Å²) in [5, 5.41) is 19.2. The van der Waals surface area contributed by atoms with Crippen LogP contribution in [0.4, 0.5) is 11.5 Å². The summed E-state index contributed by atoms with van der Waals surface area (Å²) >= 11 is 3.38. The van der Waals surface area contributed by atoms with Crippen LogP contribution in [0.25, 0.3) is 5.69 Å². The van der Waals surface area contributed by atoms with Gasteiger partial charge in [0.2, 0.25) is 0 Å². The zero-order valence-electron chi connectivity index (χ0n) is 12.2. The van der Waals surface area contributed by atoms with Gasteiger partial charge in [-0.25, -0.2) is 4.68 Å². The quantitative estimate of drug-likeness (QED) is 0.660. The minimum absolute atomic E-state index is 0.0442. The van der Waals surface area contributed by atoms with Gasteiger partial charge >= 0.3 is 0 Å². The SMILES string of the molecule is Cc1cc(Br)c(-n2nnc(N)c2C(C)(C)C)c([N+](=O)[O-])c1. The van der Waals surface area contributed by atoms with Gasteiger partial charge in [0.05, 0.1) is 15.1 Å². The molecule has 112 valence electrons. The van der Waals surface area contributed by atoms with Crippen LogP contribution in [0.3, 0.4) is 0 Å². The Morgan fingerprint density at radius 3 is 2.52 bits per heavy atom. The van der Waals surface area contributed by atoms with E-state index in [4.69, 9.17) is 5.73 Å². The molecule has 7 nitrogen and oxygen atoms in total. The van der Waals surface area contributed by atoms with Gasteiger partial charge in [-0.1, -0.05) is 26.0 Å². The number of aryl methyl sites for hydroxylation is 1. The monoisotopic (exact) mass is 353 g/mol. The van der Waals surface area contributed by atoms with Crippen molar-refractivity contribution >= 4 is 27.4 Å². The highest BCUT2D eigenvalue weighted by molar-refractivity contribution is 9.10. The van der Waals surface area contributed by atoms with Gasteiger partial charge in [0.25, 0.3) is 5.69 Å². The first-order valence-corrected chi connectivity index (χ1v) is 7.08. The molecular formula is C13H16BrN5O2. The van der Waals surface area contributed by atoms with Crippen molar-refractivity contribution in [1.82, 2.24) is 15.0 Å². The van der Waals surface area contributed by atoms with Gasteiger partial charge in [0, 0.05) is 11.5 Å². The fourth-order valence-corrected chi connectivity index (χ4v) is 2.95. The Bertz CT molecular complexity index is 718. The zero-order chi connectivity index (χ0) is 15.9. The molecule has 0 amide bonds. The lowest BCUT2D eigenvalue weighted by molar-refractivity contribution is -0.384. The Labute approximate surface area is 130 Å². The molecule has 21 heavy (non-hydrogen) atoms. The Morgan fingerprint density at radius 1 is 1.38 bits per heavy atom. The Balaban J connectivity index is 2.83. The van der Waals surface area contributed by atoms with Gasteiger partial charge in [-0.2, -0.15) is 0 Å². The van der Waals surface area contributed by atoms with Crippen molar-refractivity contribution in [2.45, 2.75) is 33.1 Å². The van der Waals surface area contributed by atoms with Gasteiger partial charge < -0.3 is 5.73 Å². The van der Waals surface area contributed by atoms with Crippen molar-refractivity contribution in [2.75, 3.05) is 5.73 Å². The number of nitrogens with zero attached hydrogens (tertiary/aromatic N) is 4. The van der Waals surface area contributed by atoms with E-state index in [-0.39, 0.29) is 16.9 Å². The number of halogens is 1. The fraction of sp³-hybridized carbons (Fsp3) is 0.385. The molecule has 8 heteroatoms. The summed E-state index contributed by atoms with van der Waals surface area (Å²) in [6.07, 6.45) is 0. The molecule has 0 bridgehead atoms. The Kier molecular flexibility index (Phi) is 3.75. The zero-order valence-corrected chi connectivity index (χ0v) is 13.8. The summed E-state index contributed by atoms with van der Waals surface area (Å²) in [7, 11) is 0. The van der Waals surface area contributed by atoms with Gasteiger partial charge in [-0.15, -0.1) is 5.10 Å². The summed E-state index contributed by atoms with van der Waals surface area (Å²) in [4.78, 5) is 10.9. The van der Waals surface area contributed by atoms with Crippen molar-refractivity contribution in [3.05, 3.63) is 38.0 Å². The summed E-state index contributed by atoms with van der Waals surface area (Å²) in [6.45, 7) is 7.65. The molecule has 0 radical (unpaired) electrons. The molecule has 1 aromatic heterocycles. The molecule has 0 atom stereocenters.